The van der Waals surface area contributed by atoms with E-state index in [-0.39, 0.29) is 17.4 Å². The zero-order valence-electron chi connectivity index (χ0n) is 12.9. The third-order valence-corrected chi connectivity index (χ3v) is 3.42. The highest BCUT2D eigenvalue weighted by Gasteiger charge is 2.16. The predicted molar refractivity (Wildman–Crippen MR) is 80.1 cm³/mol. The van der Waals surface area contributed by atoms with Gasteiger partial charge in [-0.25, -0.2) is 0 Å². The lowest BCUT2D eigenvalue weighted by atomic mass is 9.87. The molecule has 0 aliphatic carbocycles. The predicted octanol–water partition coefficient (Wildman–Crippen LogP) is 2.55. The first kappa shape index (κ1) is 15.7. The van der Waals surface area contributed by atoms with Gasteiger partial charge >= 0.3 is 0 Å². The van der Waals surface area contributed by atoms with Gasteiger partial charge in [-0.05, 0) is 30.5 Å². The van der Waals surface area contributed by atoms with Crippen LogP contribution in [0.15, 0.2) is 24.3 Å². The van der Waals surface area contributed by atoms with Crippen molar-refractivity contribution in [1.82, 2.24) is 10.2 Å². The maximum atomic E-state index is 12.0. The van der Waals surface area contributed by atoms with Crippen molar-refractivity contribution in [3.63, 3.8) is 0 Å². The summed E-state index contributed by atoms with van der Waals surface area (Å²) in [5, 5.41) is 2.97. The van der Waals surface area contributed by atoms with Gasteiger partial charge < -0.3 is 10.2 Å². The third-order valence-electron chi connectivity index (χ3n) is 3.42. The first-order valence-corrected chi connectivity index (χ1v) is 6.77. The Balaban J connectivity index is 2.71. The Labute approximate surface area is 117 Å². The minimum atomic E-state index is -0.140. The van der Waals surface area contributed by atoms with Gasteiger partial charge in [0.2, 0.25) is 5.91 Å². The van der Waals surface area contributed by atoms with Crippen LogP contribution in [-0.4, -0.2) is 30.9 Å². The van der Waals surface area contributed by atoms with Gasteiger partial charge in [0, 0.05) is 13.6 Å². The Hall–Kier alpha value is -1.35. The molecule has 1 aromatic carbocycles. The molecule has 0 heterocycles. The van der Waals surface area contributed by atoms with Crippen LogP contribution >= 0.6 is 0 Å². The van der Waals surface area contributed by atoms with Gasteiger partial charge in [-0.1, -0.05) is 45.0 Å². The fourth-order valence-corrected chi connectivity index (χ4v) is 1.92. The highest BCUT2D eigenvalue weighted by Crippen LogP contribution is 2.22. The van der Waals surface area contributed by atoms with Crippen LogP contribution in [0.2, 0.25) is 0 Å². The van der Waals surface area contributed by atoms with Crippen LogP contribution in [0.5, 0.6) is 0 Å². The van der Waals surface area contributed by atoms with Crippen LogP contribution in [0.3, 0.4) is 0 Å². The Morgan fingerprint density at radius 2 is 1.79 bits per heavy atom. The molecule has 0 aliphatic rings. The SMILES string of the molecule is CNC(C)C(=O)N(C)Cc1ccc(C(C)(C)C)cc1. The maximum absolute atomic E-state index is 12.0. The number of hydrogen-bond donors (Lipinski definition) is 1. The minimum Gasteiger partial charge on any atom is -0.340 e. The molecular weight excluding hydrogens is 236 g/mol. The van der Waals surface area contributed by atoms with E-state index in [1.165, 1.54) is 5.56 Å². The summed E-state index contributed by atoms with van der Waals surface area (Å²) in [7, 11) is 3.64. The largest absolute Gasteiger partial charge is 0.340 e. The monoisotopic (exact) mass is 262 g/mol. The first-order valence-electron chi connectivity index (χ1n) is 6.77. The second kappa shape index (κ2) is 6.20. The zero-order valence-corrected chi connectivity index (χ0v) is 12.9. The summed E-state index contributed by atoms with van der Waals surface area (Å²) in [5.41, 5.74) is 2.64. The Morgan fingerprint density at radius 1 is 1.26 bits per heavy atom. The lowest BCUT2D eigenvalue weighted by Gasteiger charge is -2.22. The lowest BCUT2D eigenvalue weighted by molar-refractivity contribution is -0.132. The topological polar surface area (TPSA) is 32.3 Å². The summed E-state index contributed by atoms with van der Waals surface area (Å²) < 4.78 is 0. The van der Waals surface area contributed by atoms with Gasteiger partial charge in [0.15, 0.2) is 0 Å². The van der Waals surface area contributed by atoms with Crippen molar-refractivity contribution >= 4 is 5.91 Å². The van der Waals surface area contributed by atoms with Gasteiger partial charge in [-0.3, -0.25) is 4.79 Å². The Bertz CT molecular complexity index is 417. The van der Waals surface area contributed by atoms with E-state index in [4.69, 9.17) is 0 Å². The van der Waals surface area contributed by atoms with Crippen molar-refractivity contribution in [2.75, 3.05) is 14.1 Å². The highest BCUT2D eigenvalue weighted by molar-refractivity contribution is 5.81. The molecule has 0 bridgehead atoms. The second-order valence-electron chi connectivity index (χ2n) is 6.15. The van der Waals surface area contributed by atoms with E-state index in [0.29, 0.717) is 6.54 Å². The van der Waals surface area contributed by atoms with Gasteiger partial charge in [0.25, 0.3) is 0 Å². The molecule has 0 aliphatic heterocycles. The Morgan fingerprint density at radius 3 is 2.21 bits per heavy atom. The van der Waals surface area contributed by atoms with E-state index in [1.807, 2.05) is 14.0 Å². The average molecular weight is 262 g/mol. The number of amides is 1. The lowest BCUT2D eigenvalue weighted by Crippen LogP contribution is -2.41. The van der Waals surface area contributed by atoms with Crippen molar-refractivity contribution in [3.05, 3.63) is 35.4 Å². The molecule has 19 heavy (non-hydrogen) atoms. The van der Waals surface area contributed by atoms with Gasteiger partial charge in [0.1, 0.15) is 0 Å². The summed E-state index contributed by atoms with van der Waals surface area (Å²) in [6.45, 7) is 9.13. The third kappa shape index (κ3) is 4.35. The van der Waals surface area contributed by atoms with Crippen molar-refractivity contribution in [3.8, 4) is 0 Å². The quantitative estimate of drug-likeness (QED) is 0.904. The summed E-state index contributed by atoms with van der Waals surface area (Å²) in [6.07, 6.45) is 0. The number of hydrogen-bond acceptors (Lipinski definition) is 2. The van der Waals surface area contributed by atoms with E-state index in [9.17, 15) is 4.79 Å². The number of carbonyl (C=O) groups excluding carboxylic acids is 1. The number of nitrogens with one attached hydrogen (secondary N) is 1. The molecule has 1 amide bonds. The van der Waals surface area contributed by atoms with Gasteiger partial charge in [-0.15, -0.1) is 0 Å². The average Bonchev–Trinajstić information content (AvgIpc) is 2.36. The standard InChI is InChI=1S/C16H26N2O/c1-12(17-5)15(19)18(6)11-13-7-9-14(10-8-13)16(2,3)4/h7-10,12,17H,11H2,1-6H3. The molecule has 1 unspecified atom stereocenters. The van der Waals surface area contributed by atoms with E-state index in [1.54, 1.807) is 11.9 Å². The summed E-state index contributed by atoms with van der Waals surface area (Å²) in [6, 6.07) is 8.37. The summed E-state index contributed by atoms with van der Waals surface area (Å²) in [5.74, 6) is 0.113. The molecule has 0 saturated carbocycles. The summed E-state index contributed by atoms with van der Waals surface area (Å²) >= 11 is 0. The van der Waals surface area contributed by atoms with Gasteiger partial charge in [-0.2, -0.15) is 0 Å². The van der Waals surface area contributed by atoms with E-state index >= 15 is 0 Å². The second-order valence-corrected chi connectivity index (χ2v) is 6.15. The van der Waals surface area contributed by atoms with Crippen molar-refractivity contribution in [2.24, 2.45) is 0 Å². The molecule has 3 nitrogen and oxygen atoms in total. The minimum absolute atomic E-state index is 0.113. The van der Waals surface area contributed by atoms with Crippen LogP contribution in [-0.2, 0) is 16.8 Å². The van der Waals surface area contributed by atoms with Crippen LogP contribution in [0.4, 0.5) is 0 Å². The van der Waals surface area contributed by atoms with Crippen LogP contribution < -0.4 is 5.32 Å². The number of benzene rings is 1. The first-order chi connectivity index (χ1) is 8.75. The van der Waals surface area contributed by atoms with Crippen molar-refractivity contribution in [1.29, 1.82) is 0 Å². The van der Waals surface area contributed by atoms with Crippen LogP contribution in [0.25, 0.3) is 0 Å². The molecule has 1 aromatic rings. The fourth-order valence-electron chi connectivity index (χ4n) is 1.92. The number of rotatable bonds is 4. The molecule has 0 aromatic heterocycles. The molecule has 0 radical (unpaired) electrons. The van der Waals surface area contributed by atoms with Crippen molar-refractivity contribution in [2.45, 2.75) is 45.7 Å². The molecule has 3 heteroatoms. The number of carbonyl (C=O) groups is 1. The highest BCUT2D eigenvalue weighted by atomic mass is 16.2. The molecule has 1 N–H and O–H groups in total. The van der Waals surface area contributed by atoms with E-state index < -0.39 is 0 Å². The molecule has 1 rings (SSSR count). The molecule has 0 spiro atoms. The van der Waals surface area contributed by atoms with Crippen molar-refractivity contribution < 1.29 is 4.79 Å². The molecule has 1 atom stereocenters. The van der Waals surface area contributed by atoms with Gasteiger partial charge in [0.05, 0.1) is 6.04 Å². The smallest absolute Gasteiger partial charge is 0.239 e. The fraction of sp³-hybridized carbons (Fsp3) is 0.562. The van der Waals surface area contributed by atoms with Crippen LogP contribution in [0, 0.1) is 0 Å². The molecule has 106 valence electrons. The number of nitrogens with zero attached hydrogens (tertiary/aromatic N) is 1. The van der Waals surface area contributed by atoms with E-state index in [2.05, 4.69) is 50.4 Å². The van der Waals surface area contributed by atoms with Crippen LogP contribution in [0.1, 0.15) is 38.8 Å². The normalized spacial score (nSPS) is 13.2. The van der Waals surface area contributed by atoms with E-state index in [0.717, 1.165) is 5.56 Å². The zero-order chi connectivity index (χ0) is 14.6. The Kier molecular flexibility index (Phi) is 5.12. The number of likely N-dealkylation sites (N-methyl/N-ethyl adjacent to an activating group) is 2. The molecule has 0 fully saturated rings. The molecule has 0 saturated heterocycles. The maximum Gasteiger partial charge on any atom is 0.239 e. The molecular formula is C16H26N2O. The summed E-state index contributed by atoms with van der Waals surface area (Å²) in [4.78, 5) is 13.7.